The lowest BCUT2D eigenvalue weighted by Gasteiger charge is -2.31. The number of aliphatic hydroxyl groups excluding tert-OH is 1. The third kappa shape index (κ3) is 4.18. The van der Waals surface area contributed by atoms with E-state index in [0.29, 0.717) is 24.3 Å². The van der Waals surface area contributed by atoms with E-state index in [9.17, 15) is 20.3 Å². The molecule has 0 aliphatic rings. The molecular weight excluding hydrogens is 248 g/mol. The Kier molecular flexibility index (Phi) is 4.85. The Morgan fingerprint density at radius 1 is 1.42 bits per heavy atom. The second-order valence-corrected chi connectivity index (χ2v) is 5.05. The highest BCUT2D eigenvalue weighted by Crippen LogP contribution is 2.26. The molecule has 6 heteroatoms. The Balaban J connectivity index is 3.13. The van der Waals surface area contributed by atoms with Gasteiger partial charge in [0.15, 0.2) is 0 Å². The van der Waals surface area contributed by atoms with E-state index < -0.39 is 10.5 Å². The van der Waals surface area contributed by atoms with Crippen molar-refractivity contribution in [2.75, 3.05) is 18.0 Å². The van der Waals surface area contributed by atoms with Crippen LogP contribution in [0.4, 0.5) is 11.4 Å². The SMILES string of the molecule is CCN(CC(C)(C)O)c1ccc([N+](=O)[O-])cc1CO. The first-order valence-electron chi connectivity index (χ1n) is 6.14. The molecule has 1 aromatic rings. The largest absolute Gasteiger partial charge is 0.392 e. The number of non-ortho nitro benzene ring substituents is 1. The molecule has 0 saturated heterocycles. The van der Waals surface area contributed by atoms with Crippen LogP contribution in [-0.4, -0.2) is 33.8 Å². The molecule has 1 rings (SSSR count). The van der Waals surface area contributed by atoms with Crippen LogP contribution < -0.4 is 4.90 Å². The molecule has 0 atom stereocenters. The Labute approximate surface area is 112 Å². The van der Waals surface area contributed by atoms with Gasteiger partial charge in [0, 0.05) is 36.5 Å². The van der Waals surface area contributed by atoms with Crippen molar-refractivity contribution in [1.29, 1.82) is 0 Å². The molecule has 106 valence electrons. The second-order valence-electron chi connectivity index (χ2n) is 5.05. The smallest absolute Gasteiger partial charge is 0.269 e. The highest BCUT2D eigenvalue weighted by Gasteiger charge is 2.20. The molecule has 0 radical (unpaired) electrons. The van der Waals surface area contributed by atoms with E-state index in [4.69, 9.17) is 0 Å². The van der Waals surface area contributed by atoms with Gasteiger partial charge >= 0.3 is 0 Å². The van der Waals surface area contributed by atoms with Gasteiger partial charge in [-0.3, -0.25) is 10.1 Å². The average Bonchev–Trinajstić information content (AvgIpc) is 2.34. The van der Waals surface area contributed by atoms with Gasteiger partial charge in [-0.15, -0.1) is 0 Å². The number of hydrogen-bond acceptors (Lipinski definition) is 5. The van der Waals surface area contributed by atoms with Gasteiger partial charge in [-0.25, -0.2) is 0 Å². The van der Waals surface area contributed by atoms with Gasteiger partial charge in [0.25, 0.3) is 5.69 Å². The lowest BCUT2D eigenvalue weighted by Crippen LogP contribution is -2.39. The number of likely N-dealkylation sites (N-methyl/N-ethyl adjacent to an activating group) is 1. The molecule has 6 nitrogen and oxygen atoms in total. The van der Waals surface area contributed by atoms with E-state index in [1.807, 2.05) is 11.8 Å². The Morgan fingerprint density at radius 3 is 2.47 bits per heavy atom. The summed E-state index contributed by atoms with van der Waals surface area (Å²) in [6, 6.07) is 4.38. The van der Waals surface area contributed by atoms with E-state index in [0.717, 1.165) is 0 Å². The van der Waals surface area contributed by atoms with Crippen LogP contribution in [0.3, 0.4) is 0 Å². The lowest BCUT2D eigenvalue weighted by molar-refractivity contribution is -0.384. The number of aliphatic hydroxyl groups is 2. The number of nitro benzene ring substituents is 1. The summed E-state index contributed by atoms with van der Waals surface area (Å²) >= 11 is 0. The van der Waals surface area contributed by atoms with Crippen molar-refractivity contribution in [2.45, 2.75) is 33.0 Å². The molecule has 0 bridgehead atoms. The second kappa shape index (κ2) is 5.99. The Bertz CT molecular complexity index is 454. The zero-order chi connectivity index (χ0) is 14.6. The van der Waals surface area contributed by atoms with E-state index >= 15 is 0 Å². The first-order valence-corrected chi connectivity index (χ1v) is 6.14. The molecule has 0 saturated carbocycles. The molecule has 1 aromatic carbocycles. The highest BCUT2D eigenvalue weighted by molar-refractivity contribution is 5.58. The lowest BCUT2D eigenvalue weighted by atomic mass is 10.1. The van der Waals surface area contributed by atoms with E-state index in [1.165, 1.54) is 12.1 Å². The van der Waals surface area contributed by atoms with Crippen LogP contribution in [-0.2, 0) is 6.61 Å². The van der Waals surface area contributed by atoms with E-state index in [2.05, 4.69) is 0 Å². The summed E-state index contributed by atoms with van der Waals surface area (Å²) in [5.74, 6) is 0. The monoisotopic (exact) mass is 268 g/mol. The summed E-state index contributed by atoms with van der Waals surface area (Å²) in [6.07, 6.45) is 0. The quantitative estimate of drug-likeness (QED) is 0.605. The third-order valence-corrected chi connectivity index (χ3v) is 2.74. The molecule has 0 amide bonds. The van der Waals surface area contributed by atoms with Gasteiger partial charge in [0.2, 0.25) is 0 Å². The van der Waals surface area contributed by atoms with Crippen molar-refractivity contribution in [2.24, 2.45) is 0 Å². The summed E-state index contributed by atoms with van der Waals surface area (Å²) in [7, 11) is 0. The summed E-state index contributed by atoms with van der Waals surface area (Å²) in [4.78, 5) is 12.1. The number of nitro groups is 1. The number of benzene rings is 1. The zero-order valence-corrected chi connectivity index (χ0v) is 11.5. The molecule has 0 unspecified atom stereocenters. The van der Waals surface area contributed by atoms with Crippen LogP contribution in [0.25, 0.3) is 0 Å². The zero-order valence-electron chi connectivity index (χ0n) is 11.5. The maximum atomic E-state index is 10.7. The standard InChI is InChI=1S/C13H20N2O4/c1-4-14(9-13(2,3)17)12-6-5-11(15(18)19)7-10(12)8-16/h5-7,16-17H,4,8-9H2,1-3H3. The summed E-state index contributed by atoms with van der Waals surface area (Å²) in [5, 5.41) is 29.9. The van der Waals surface area contributed by atoms with Gasteiger partial charge < -0.3 is 15.1 Å². The van der Waals surface area contributed by atoms with Gasteiger partial charge in [-0.1, -0.05) is 0 Å². The van der Waals surface area contributed by atoms with E-state index in [-0.39, 0.29) is 12.3 Å². The predicted molar refractivity (Wildman–Crippen MR) is 73.2 cm³/mol. The molecule has 0 aliphatic heterocycles. The van der Waals surface area contributed by atoms with Crippen LogP contribution in [0.1, 0.15) is 26.3 Å². The Hall–Kier alpha value is -1.66. The molecule has 19 heavy (non-hydrogen) atoms. The first kappa shape index (κ1) is 15.4. The van der Waals surface area contributed by atoms with Crippen molar-refractivity contribution >= 4 is 11.4 Å². The minimum absolute atomic E-state index is 0.0490. The Morgan fingerprint density at radius 2 is 2.05 bits per heavy atom. The van der Waals surface area contributed by atoms with Gasteiger partial charge in [-0.2, -0.15) is 0 Å². The maximum absolute atomic E-state index is 10.7. The molecular formula is C13H20N2O4. The minimum Gasteiger partial charge on any atom is -0.392 e. The van der Waals surface area contributed by atoms with Crippen LogP contribution in [0.2, 0.25) is 0 Å². The highest BCUT2D eigenvalue weighted by atomic mass is 16.6. The summed E-state index contributed by atoms with van der Waals surface area (Å²) in [5.41, 5.74) is 0.259. The van der Waals surface area contributed by atoms with Crippen molar-refractivity contribution in [1.82, 2.24) is 0 Å². The van der Waals surface area contributed by atoms with Crippen LogP contribution in [0.15, 0.2) is 18.2 Å². The number of anilines is 1. The minimum atomic E-state index is -0.884. The van der Waals surface area contributed by atoms with Crippen molar-refractivity contribution in [3.8, 4) is 0 Å². The van der Waals surface area contributed by atoms with Crippen LogP contribution in [0, 0.1) is 10.1 Å². The predicted octanol–water partition coefficient (Wildman–Crippen LogP) is 1.68. The van der Waals surface area contributed by atoms with Gasteiger partial charge in [0.05, 0.1) is 17.1 Å². The maximum Gasteiger partial charge on any atom is 0.269 e. The normalized spacial score (nSPS) is 11.4. The van der Waals surface area contributed by atoms with Gasteiger partial charge in [0.1, 0.15) is 0 Å². The molecule has 2 N–H and O–H groups in total. The summed E-state index contributed by atoms with van der Waals surface area (Å²) in [6.45, 7) is 6.05. The van der Waals surface area contributed by atoms with E-state index in [1.54, 1.807) is 19.9 Å². The van der Waals surface area contributed by atoms with Crippen molar-refractivity contribution in [3.63, 3.8) is 0 Å². The van der Waals surface area contributed by atoms with Gasteiger partial charge in [-0.05, 0) is 26.8 Å². The molecule has 0 fully saturated rings. The van der Waals surface area contributed by atoms with Crippen LogP contribution in [0.5, 0.6) is 0 Å². The first-order chi connectivity index (χ1) is 8.78. The fraction of sp³-hybridized carbons (Fsp3) is 0.538. The number of rotatable bonds is 6. The molecule has 0 aliphatic carbocycles. The third-order valence-electron chi connectivity index (χ3n) is 2.74. The topological polar surface area (TPSA) is 86.8 Å². The molecule has 0 heterocycles. The number of nitrogens with zero attached hydrogens (tertiary/aromatic N) is 2. The van der Waals surface area contributed by atoms with Crippen molar-refractivity contribution < 1.29 is 15.1 Å². The van der Waals surface area contributed by atoms with Crippen LogP contribution >= 0.6 is 0 Å². The molecule has 0 aromatic heterocycles. The van der Waals surface area contributed by atoms with Crippen molar-refractivity contribution in [3.05, 3.63) is 33.9 Å². The fourth-order valence-electron chi connectivity index (χ4n) is 1.96. The number of hydrogen-bond donors (Lipinski definition) is 2. The average molecular weight is 268 g/mol. The fourth-order valence-corrected chi connectivity index (χ4v) is 1.96. The molecule has 0 spiro atoms. The summed E-state index contributed by atoms with van der Waals surface area (Å²) < 4.78 is 0.